The van der Waals surface area contributed by atoms with Gasteiger partial charge < -0.3 is 20.5 Å². The standard InChI is InChI=1S/C15H22N4O2/c1-15(14(21)17-2)5-6-18(9-15)13(20)12-7-10(16)8-19(12)11-3-4-11/h7-8,11H,3-6,9,16H2,1-2H3,(H,17,21). The van der Waals surface area contributed by atoms with Crippen LogP contribution in [-0.4, -0.2) is 41.4 Å². The molecule has 1 aliphatic heterocycles. The third-order valence-electron chi connectivity index (χ3n) is 4.56. The highest BCUT2D eigenvalue weighted by Gasteiger charge is 2.42. The Morgan fingerprint density at radius 2 is 2.14 bits per heavy atom. The summed E-state index contributed by atoms with van der Waals surface area (Å²) < 4.78 is 1.99. The normalized spacial score (nSPS) is 25.1. The third-order valence-corrected chi connectivity index (χ3v) is 4.56. The van der Waals surface area contributed by atoms with Crippen molar-refractivity contribution in [1.82, 2.24) is 14.8 Å². The van der Waals surface area contributed by atoms with Crippen molar-refractivity contribution >= 4 is 17.5 Å². The quantitative estimate of drug-likeness (QED) is 0.871. The molecule has 3 N–H and O–H groups in total. The molecular weight excluding hydrogens is 268 g/mol. The fraction of sp³-hybridized carbons (Fsp3) is 0.600. The van der Waals surface area contributed by atoms with Gasteiger partial charge in [0.15, 0.2) is 0 Å². The topological polar surface area (TPSA) is 80.4 Å². The maximum atomic E-state index is 12.7. The van der Waals surface area contributed by atoms with E-state index >= 15 is 0 Å². The second kappa shape index (κ2) is 4.79. The first-order valence-corrected chi connectivity index (χ1v) is 7.43. The van der Waals surface area contributed by atoms with E-state index in [1.165, 1.54) is 0 Å². The molecule has 0 spiro atoms. The lowest BCUT2D eigenvalue weighted by molar-refractivity contribution is -0.128. The molecule has 1 aromatic heterocycles. The summed E-state index contributed by atoms with van der Waals surface area (Å²) in [5.41, 5.74) is 6.63. The van der Waals surface area contributed by atoms with Crippen LogP contribution >= 0.6 is 0 Å². The third kappa shape index (κ3) is 2.39. The second-order valence-corrected chi connectivity index (χ2v) is 6.41. The Morgan fingerprint density at radius 3 is 2.76 bits per heavy atom. The van der Waals surface area contributed by atoms with Crippen LogP contribution in [0.1, 0.15) is 42.7 Å². The zero-order chi connectivity index (χ0) is 15.2. The number of anilines is 1. The lowest BCUT2D eigenvalue weighted by Gasteiger charge is -2.23. The summed E-state index contributed by atoms with van der Waals surface area (Å²) in [6.07, 6.45) is 4.74. The number of carbonyl (C=O) groups is 2. The van der Waals surface area contributed by atoms with E-state index in [0.717, 1.165) is 12.8 Å². The van der Waals surface area contributed by atoms with E-state index in [4.69, 9.17) is 5.73 Å². The Balaban J connectivity index is 1.79. The van der Waals surface area contributed by atoms with E-state index in [2.05, 4.69) is 5.32 Å². The fourth-order valence-electron chi connectivity index (χ4n) is 3.11. The van der Waals surface area contributed by atoms with Crippen molar-refractivity contribution in [2.45, 2.75) is 32.2 Å². The molecule has 6 nitrogen and oxygen atoms in total. The molecule has 0 radical (unpaired) electrons. The number of nitrogens with zero attached hydrogens (tertiary/aromatic N) is 2. The number of nitrogens with two attached hydrogens (primary N) is 1. The van der Waals surface area contributed by atoms with Crippen LogP contribution in [0, 0.1) is 5.41 Å². The Kier molecular flexibility index (Phi) is 3.19. The van der Waals surface area contributed by atoms with Crippen molar-refractivity contribution in [3.05, 3.63) is 18.0 Å². The largest absolute Gasteiger partial charge is 0.397 e. The van der Waals surface area contributed by atoms with Gasteiger partial charge in [0.1, 0.15) is 5.69 Å². The summed E-state index contributed by atoms with van der Waals surface area (Å²) in [5.74, 6) is -0.0267. The Hall–Kier alpha value is -1.98. The lowest BCUT2D eigenvalue weighted by Crippen LogP contribution is -2.40. The molecule has 2 amide bonds. The molecule has 0 bridgehead atoms. The van der Waals surface area contributed by atoms with E-state index in [-0.39, 0.29) is 11.8 Å². The van der Waals surface area contributed by atoms with E-state index in [1.54, 1.807) is 18.0 Å². The number of hydrogen-bond donors (Lipinski definition) is 2. The first kappa shape index (κ1) is 14.0. The fourth-order valence-corrected chi connectivity index (χ4v) is 3.11. The molecule has 2 fully saturated rings. The average Bonchev–Trinajstić information content (AvgIpc) is 3.13. The molecule has 1 atom stereocenters. The SMILES string of the molecule is CNC(=O)C1(C)CCN(C(=O)c2cc(N)cn2C2CC2)C1. The summed E-state index contributed by atoms with van der Waals surface area (Å²) >= 11 is 0. The highest BCUT2D eigenvalue weighted by Crippen LogP contribution is 2.38. The molecule has 0 aromatic carbocycles. The van der Waals surface area contributed by atoms with Gasteiger partial charge in [-0.15, -0.1) is 0 Å². The van der Waals surface area contributed by atoms with Crippen molar-refractivity contribution < 1.29 is 9.59 Å². The smallest absolute Gasteiger partial charge is 0.270 e. The van der Waals surface area contributed by atoms with Gasteiger partial charge in [-0.3, -0.25) is 9.59 Å². The number of nitrogens with one attached hydrogen (secondary N) is 1. The van der Waals surface area contributed by atoms with Gasteiger partial charge in [-0.1, -0.05) is 0 Å². The number of hydrogen-bond acceptors (Lipinski definition) is 3. The van der Waals surface area contributed by atoms with Gasteiger partial charge in [-0.2, -0.15) is 0 Å². The molecule has 21 heavy (non-hydrogen) atoms. The van der Waals surface area contributed by atoms with Gasteiger partial charge in [-0.05, 0) is 32.3 Å². The molecule has 1 aromatic rings. The second-order valence-electron chi connectivity index (χ2n) is 6.41. The molecule has 1 saturated carbocycles. The van der Waals surface area contributed by atoms with Gasteiger partial charge in [0, 0.05) is 32.4 Å². The van der Waals surface area contributed by atoms with Gasteiger partial charge in [0.05, 0.1) is 11.1 Å². The molecule has 114 valence electrons. The minimum Gasteiger partial charge on any atom is -0.397 e. The number of nitrogen functional groups attached to an aromatic ring is 1. The van der Waals surface area contributed by atoms with Crippen LogP contribution in [0.25, 0.3) is 0 Å². The van der Waals surface area contributed by atoms with Crippen LogP contribution in [0.15, 0.2) is 12.3 Å². The molecule has 1 unspecified atom stereocenters. The van der Waals surface area contributed by atoms with Crippen LogP contribution in [0.3, 0.4) is 0 Å². The van der Waals surface area contributed by atoms with Crippen LogP contribution in [0.2, 0.25) is 0 Å². The Bertz CT molecular complexity index is 590. The van der Waals surface area contributed by atoms with Crippen molar-refractivity contribution in [1.29, 1.82) is 0 Å². The van der Waals surface area contributed by atoms with Crippen molar-refractivity contribution in [3.63, 3.8) is 0 Å². The maximum absolute atomic E-state index is 12.7. The lowest BCUT2D eigenvalue weighted by atomic mass is 9.89. The van der Waals surface area contributed by atoms with Crippen molar-refractivity contribution in [3.8, 4) is 0 Å². The van der Waals surface area contributed by atoms with Crippen molar-refractivity contribution in [2.75, 3.05) is 25.9 Å². The van der Waals surface area contributed by atoms with Gasteiger partial charge >= 0.3 is 0 Å². The summed E-state index contributed by atoms with van der Waals surface area (Å²) in [4.78, 5) is 26.5. The van der Waals surface area contributed by atoms with Crippen LogP contribution in [-0.2, 0) is 4.79 Å². The minimum absolute atomic E-state index is 0.00473. The minimum atomic E-state index is -0.493. The van der Waals surface area contributed by atoms with Crippen LogP contribution < -0.4 is 11.1 Å². The molecule has 1 aliphatic carbocycles. The van der Waals surface area contributed by atoms with Gasteiger partial charge in [0.25, 0.3) is 5.91 Å². The van der Waals surface area contributed by atoms with Crippen molar-refractivity contribution in [2.24, 2.45) is 5.41 Å². The molecule has 3 rings (SSSR count). The summed E-state index contributed by atoms with van der Waals surface area (Å²) in [7, 11) is 1.64. The number of rotatable bonds is 3. The summed E-state index contributed by atoms with van der Waals surface area (Å²) in [6.45, 7) is 2.98. The van der Waals surface area contributed by atoms with E-state index in [9.17, 15) is 9.59 Å². The van der Waals surface area contributed by atoms with E-state index in [0.29, 0.717) is 36.9 Å². The highest BCUT2D eigenvalue weighted by atomic mass is 16.2. The predicted molar refractivity (Wildman–Crippen MR) is 79.8 cm³/mol. The van der Waals surface area contributed by atoms with E-state index in [1.807, 2.05) is 17.7 Å². The summed E-state index contributed by atoms with van der Waals surface area (Å²) in [6, 6.07) is 2.16. The van der Waals surface area contributed by atoms with Crippen LogP contribution in [0.5, 0.6) is 0 Å². The summed E-state index contributed by atoms with van der Waals surface area (Å²) in [5, 5.41) is 2.69. The molecular formula is C15H22N4O2. The molecule has 2 heterocycles. The number of aromatic nitrogens is 1. The molecule has 1 saturated heterocycles. The monoisotopic (exact) mass is 290 g/mol. The number of carbonyl (C=O) groups excluding carboxylic acids is 2. The van der Waals surface area contributed by atoms with Gasteiger partial charge in [0.2, 0.25) is 5.91 Å². The average molecular weight is 290 g/mol. The Labute approximate surface area is 124 Å². The Morgan fingerprint density at radius 1 is 1.43 bits per heavy atom. The maximum Gasteiger partial charge on any atom is 0.270 e. The van der Waals surface area contributed by atoms with Crippen LogP contribution in [0.4, 0.5) is 5.69 Å². The van der Waals surface area contributed by atoms with E-state index < -0.39 is 5.41 Å². The predicted octanol–water partition coefficient (Wildman–Crippen LogP) is 1.00. The number of amides is 2. The zero-order valence-electron chi connectivity index (χ0n) is 12.6. The zero-order valence-corrected chi connectivity index (χ0v) is 12.6. The number of likely N-dealkylation sites (tertiary alicyclic amines) is 1. The first-order valence-electron chi connectivity index (χ1n) is 7.43. The molecule has 2 aliphatic rings. The highest BCUT2D eigenvalue weighted by molar-refractivity contribution is 5.95. The molecule has 6 heteroatoms. The first-order chi connectivity index (χ1) is 9.94. The van der Waals surface area contributed by atoms with Gasteiger partial charge in [-0.25, -0.2) is 0 Å².